The smallest absolute Gasteiger partial charge is 0.258 e. The van der Waals surface area contributed by atoms with E-state index in [0.29, 0.717) is 40.4 Å². The third kappa shape index (κ3) is 3.64. The standard InChI is InChI=1S/C31H26N2O4/c1-36-27-18-22-17-26-29(23(22)19-28(27)37-2)33(31(35)21-13-7-4-8-14-21)25-16-10-9-15-24(25)32(26)30(34)20-11-5-3-6-12-20/h3-16,18-19,26,29H,17H2,1-2H3/t26-,29-/m0/s1. The van der Waals surface area contributed by atoms with Crippen LogP contribution in [0.25, 0.3) is 0 Å². The molecule has 1 aliphatic carbocycles. The van der Waals surface area contributed by atoms with Crippen LogP contribution in [-0.2, 0) is 6.42 Å². The fourth-order valence-corrected chi connectivity index (χ4v) is 5.61. The normalized spacial score (nSPS) is 17.5. The van der Waals surface area contributed by atoms with Gasteiger partial charge in [0.15, 0.2) is 11.5 Å². The Kier molecular flexibility index (Phi) is 5.64. The van der Waals surface area contributed by atoms with Gasteiger partial charge in [-0.3, -0.25) is 14.5 Å². The maximum absolute atomic E-state index is 14.1. The molecule has 184 valence electrons. The number of hydrogen-bond acceptors (Lipinski definition) is 4. The first-order chi connectivity index (χ1) is 18.1. The van der Waals surface area contributed by atoms with Crippen LogP contribution in [0.2, 0.25) is 0 Å². The fourth-order valence-electron chi connectivity index (χ4n) is 5.61. The second-order valence-corrected chi connectivity index (χ2v) is 9.19. The zero-order valence-electron chi connectivity index (χ0n) is 20.6. The molecular weight excluding hydrogens is 464 g/mol. The van der Waals surface area contributed by atoms with Crippen molar-refractivity contribution in [3.8, 4) is 11.5 Å². The molecule has 4 aromatic rings. The van der Waals surface area contributed by atoms with Gasteiger partial charge in [-0.05, 0) is 66.1 Å². The number of methoxy groups -OCH3 is 2. The second kappa shape index (κ2) is 9.13. The highest BCUT2D eigenvalue weighted by Gasteiger charge is 2.49. The zero-order chi connectivity index (χ0) is 25.5. The lowest BCUT2D eigenvalue weighted by Crippen LogP contribution is -2.53. The zero-order valence-corrected chi connectivity index (χ0v) is 20.6. The van der Waals surface area contributed by atoms with Gasteiger partial charge in [-0.1, -0.05) is 48.5 Å². The van der Waals surface area contributed by atoms with Gasteiger partial charge in [0.05, 0.1) is 37.7 Å². The Morgan fingerprint density at radius 1 is 0.676 bits per heavy atom. The molecule has 37 heavy (non-hydrogen) atoms. The van der Waals surface area contributed by atoms with Gasteiger partial charge in [-0.15, -0.1) is 0 Å². The summed E-state index contributed by atoms with van der Waals surface area (Å²) in [6.07, 6.45) is 0.575. The van der Waals surface area contributed by atoms with E-state index < -0.39 is 6.04 Å². The van der Waals surface area contributed by atoms with Gasteiger partial charge >= 0.3 is 0 Å². The monoisotopic (exact) mass is 490 g/mol. The van der Waals surface area contributed by atoms with Crippen molar-refractivity contribution in [2.45, 2.75) is 18.5 Å². The average molecular weight is 491 g/mol. The van der Waals surface area contributed by atoms with E-state index in [0.717, 1.165) is 11.1 Å². The number of rotatable bonds is 4. The molecule has 0 bridgehead atoms. The van der Waals surface area contributed by atoms with E-state index in [2.05, 4.69) is 0 Å². The van der Waals surface area contributed by atoms with E-state index in [1.54, 1.807) is 14.2 Å². The Morgan fingerprint density at radius 2 is 1.16 bits per heavy atom. The Balaban J connectivity index is 1.58. The largest absolute Gasteiger partial charge is 0.493 e. The van der Waals surface area contributed by atoms with Gasteiger partial charge in [0, 0.05) is 11.1 Å². The van der Waals surface area contributed by atoms with Crippen molar-refractivity contribution in [1.82, 2.24) is 0 Å². The lowest BCUT2D eigenvalue weighted by Gasteiger charge is -2.46. The lowest BCUT2D eigenvalue weighted by molar-refractivity contribution is 0.0937. The molecule has 2 aliphatic rings. The number of ether oxygens (including phenoxy) is 2. The van der Waals surface area contributed by atoms with Gasteiger partial charge in [-0.25, -0.2) is 0 Å². The number of carbonyl (C=O) groups is 2. The minimum absolute atomic E-state index is 0.0957. The van der Waals surface area contributed by atoms with E-state index in [4.69, 9.17) is 9.47 Å². The summed E-state index contributed by atoms with van der Waals surface area (Å²) in [7, 11) is 3.21. The average Bonchev–Trinajstić information content (AvgIpc) is 3.32. The van der Waals surface area contributed by atoms with Crippen LogP contribution in [0.4, 0.5) is 11.4 Å². The van der Waals surface area contributed by atoms with Gasteiger partial charge < -0.3 is 14.4 Å². The van der Waals surface area contributed by atoms with Crippen LogP contribution in [0.1, 0.15) is 37.9 Å². The first kappa shape index (κ1) is 22.9. The molecule has 2 atom stereocenters. The predicted octanol–water partition coefficient (Wildman–Crippen LogP) is 5.68. The maximum Gasteiger partial charge on any atom is 0.258 e. The number of benzene rings is 4. The summed E-state index contributed by atoms with van der Waals surface area (Å²) >= 11 is 0. The molecule has 0 fully saturated rings. The van der Waals surface area contributed by atoms with Gasteiger partial charge in [0.1, 0.15) is 0 Å². The van der Waals surface area contributed by atoms with E-state index in [9.17, 15) is 9.59 Å². The van der Waals surface area contributed by atoms with E-state index in [-0.39, 0.29) is 17.9 Å². The lowest BCUT2D eigenvalue weighted by atomic mass is 9.95. The molecule has 2 amide bonds. The number of fused-ring (bicyclic) bond motifs is 4. The van der Waals surface area contributed by atoms with Crippen LogP contribution in [0.15, 0.2) is 97.1 Å². The third-order valence-corrected chi connectivity index (χ3v) is 7.25. The first-order valence-corrected chi connectivity index (χ1v) is 12.2. The molecule has 0 saturated carbocycles. The number of nitrogens with zero attached hydrogens (tertiary/aromatic N) is 2. The van der Waals surface area contributed by atoms with Crippen molar-refractivity contribution in [2.75, 3.05) is 24.0 Å². The summed E-state index contributed by atoms with van der Waals surface area (Å²) < 4.78 is 11.2. The summed E-state index contributed by atoms with van der Waals surface area (Å²) in [6.45, 7) is 0. The topological polar surface area (TPSA) is 59.1 Å². The van der Waals surface area contributed by atoms with E-state index in [1.807, 2.05) is 107 Å². The molecule has 0 radical (unpaired) electrons. The number of amides is 2. The van der Waals surface area contributed by atoms with E-state index in [1.165, 1.54) is 0 Å². The van der Waals surface area contributed by atoms with Crippen LogP contribution in [-0.4, -0.2) is 32.1 Å². The molecule has 6 nitrogen and oxygen atoms in total. The quantitative estimate of drug-likeness (QED) is 0.370. The summed E-state index contributed by atoms with van der Waals surface area (Å²) in [4.78, 5) is 31.8. The maximum atomic E-state index is 14.1. The minimum atomic E-state index is -0.398. The highest BCUT2D eigenvalue weighted by molar-refractivity contribution is 6.14. The number of anilines is 2. The first-order valence-electron chi connectivity index (χ1n) is 12.2. The molecule has 0 N–H and O–H groups in total. The fraction of sp³-hybridized carbons (Fsp3) is 0.161. The van der Waals surface area contributed by atoms with E-state index >= 15 is 0 Å². The van der Waals surface area contributed by atoms with Crippen molar-refractivity contribution in [2.24, 2.45) is 0 Å². The van der Waals surface area contributed by atoms with Gasteiger partial charge in [0.2, 0.25) is 0 Å². The minimum Gasteiger partial charge on any atom is -0.493 e. The molecule has 0 unspecified atom stereocenters. The molecule has 6 rings (SSSR count). The Labute approximate surface area is 215 Å². The van der Waals surface area contributed by atoms with Crippen LogP contribution in [0, 0.1) is 0 Å². The highest BCUT2D eigenvalue weighted by atomic mass is 16.5. The summed E-state index contributed by atoms with van der Waals surface area (Å²) in [5.74, 6) is 1.01. The Hall–Kier alpha value is -4.58. The molecular formula is C31H26N2O4. The van der Waals surface area contributed by atoms with Crippen molar-refractivity contribution in [3.63, 3.8) is 0 Å². The molecule has 0 aromatic heterocycles. The van der Waals surface area contributed by atoms with Crippen LogP contribution in [0.3, 0.4) is 0 Å². The predicted molar refractivity (Wildman–Crippen MR) is 143 cm³/mol. The molecule has 1 heterocycles. The molecule has 0 spiro atoms. The molecule has 1 aliphatic heterocycles. The summed E-state index contributed by atoms with van der Waals surface area (Å²) in [6, 6.07) is 29.4. The van der Waals surface area contributed by atoms with Crippen molar-refractivity contribution >= 4 is 23.2 Å². The Morgan fingerprint density at radius 3 is 1.73 bits per heavy atom. The van der Waals surface area contributed by atoms with Gasteiger partial charge in [-0.2, -0.15) is 0 Å². The van der Waals surface area contributed by atoms with Crippen LogP contribution < -0.4 is 19.3 Å². The van der Waals surface area contributed by atoms with Crippen molar-refractivity contribution < 1.29 is 19.1 Å². The van der Waals surface area contributed by atoms with Gasteiger partial charge in [0.25, 0.3) is 11.8 Å². The second-order valence-electron chi connectivity index (χ2n) is 9.19. The Bertz CT molecular complexity index is 1490. The SMILES string of the molecule is COc1cc2c(cc1OC)[C@H]1[C@H](C2)N(C(=O)c2ccccc2)c2ccccc2N1C(=O)c1ccccc1. The van der Waals surface area contributed by atoms with Crippen LogP contribution in [0.5, 0.6) is 11.5 Å². The number of para-hydroxylation sites is 2. The highest BCUT2D eigenvalue weighted by Crippen LogP contribution is 2.52. The summed E-state index contributed by atoms with van der Waals surface area (Å²) in [5, 5.41) is 0. The third-order valence-electron chi connectivity index (χ3n) is 7.25. The number of carbonyl (C=O) groups excluding carboxylic acids is 2. The number of hydrogen-bond donors (Lipinski definition) is 0. The van der Waals surface area contributed by atoms with Crippen molar-refractivity contribution in [1.29, 1.82) is 0 Å². The van der Waals surface area contributed by atoms with Crippen molar-refractivity contribution in [3.05, 3.63) is 119 Å². The summed E-state index contributed by atoms with van der Waals surface area (Å²) in [5.41, 5.74) is 4.58. The van der Waals surface area contributed by atoms with Crippen LogP contribution >= 0.6 is 0 Å². The molecule has 0 saturated heterocycles. The molecule has 6 heteroatoms. The molecule has 4 aromatic carbocycles.